The van der Waals surface area contributed by atoms with Gasteiger partial charge in [0.1, 0.15) is 0 Å². The van der Waals surface area contributed by atoms with Gasteiger partial charge in [-0.25, -0.2) is 0 Å². The third-order valence-electron chi connectivity index (χ3n) is 1.35. The molecule has 0 unspecified atom stereocenters. The van der Waals surface area contributed by atoms with E-state index in [0.29, 0.717) is 0 Å². The summed E-state index contributed by atoms with van der Waals surface area (Å²) in [5.74, 6) is -0.304. The maximum atomic E-state index is 11.0. The van der Waals surface area contributed by atoms with Crippen LogP contribution in [0.5, 0.6) is 0 Å². The maximum Gasteiger partial charge on any atom is 0.315 e. The normalized spacial score (nSPS) is 12.0. The van der Waals surface area contributed by atoms with Gasteiger partial charge in [0.15, 0.2) is 0 Å². The van der Waals surface area contributed by atoms with Crippen LogP contribution in [0.3, 0.4) is 0 Å². The van der Waals surface area contributed by atoms with Crippen LogP contribution in [0.2, 0.25) is 0 Å². The van der Waals surface area contributed by atoms with Crippen molar-refractivity contribution in [3.05, 3.63) is 12.2 Å². The van der Waals surface area contributed by atoms with E-state index in [-0.39, 0.29) is 12.6 Å². The highest BCUT2D eigenvalue weighted by Crippen LogP contribution is 2.18. The molecule has 0 aliphatic rings. The number of methoxy groups -OCH3 is 1. The predicted molar refractivity (Wildman–Crippen MR) is 42.0 cm³/mol. The lowest BCUT2D eigenvalue weighted by Gasteiger charge is -2.15. The first-order chi connectivity index (χ1) is 5.04. The van der Waals surface area contributed by atoms with Crippen molar-refractivity contribution < 1.29 is 14.6 Å². The summed E-state index contributed by atoms with van der Waals surface area (Å²) in [4.78, 5) is 11.0. The molecule has 1 N–H and O–H groups in total. The van der Waals surface area contributed by atoms with Crippen LogP contribution in [0.4, 0.5) is 0 Å². The lowest BCUT2D eigenvalue weighted by molar-refractivity contribution is -0.148. The van der Waals surface area contributed by atoms with E-state index in [9.17, 15) is 4.79 Å². The van der Waals surface area contributed by atoms with Gasteiger partial charge in [-0.2, -0.15) is 0 Å². The summed E-state index contributed by atoms with van der Waals surface area (Å²) >= 11 is 0. The smallest absolute Gasteiger partial charge is 0.315 e. The van der Waals surface area contributed by atoms with E-state index in [1.54, 1.807) is 19.9 Å². The molecule has 0 saturated carbocycles. The predicted octanol–water partition coefficient (Wildman–Crippen LogP) is 0.734. The van der Waals surface area contributed by atoms with Crippen molar-refractivity contribution in [1.29, 1.82) is 0 Å². The number of carbonyl (C=O) groups is 1. The molecule has 3 heteroatoms. The Labute approximate surface area is 66.7 Å². The highest BCUT2D eigenvalue weighted by Gasteiger charge is 2.24. The number of carbonyl (C=O) groups excluding carboxylic acids is 1. The van der Waals surface area contributed by atoms with Crippen molar-refractivity contribution in [2.75, 3.05) is 13.7 Å². The van der Waals surface area contributed by atoms with Crippen LogP contribution in [-0.4, -0.2) is 24.8 Å². The SMILES string of the molecule is COC(=O)C(C)(C)/C=C/CO. The van der Waals surface area contributed by atoms with Crippen LogP contribution in [0.25, 0.3) is 0 Å². The van der Waals surface area contributed by atoms with Gasteiger partial charge >= 0.3 is 5.97 Å². The molecule has 3 nitrogen and oxygen atoms in total. The standard InChI is InChI=1S/C8H14O3/c1-8(2,5-4-6-9)7(10)11-3/h4-5,9H,6H2,1-3H3/b5-4+. The highest BCUT2D eigenvalue weighted by atomic mass is 16.5. The molecule has 0 spiro atoms. The number of esters is 1. The van der Waals surface area contributed by atoms with Gasteiger partial charge in [-0.05, 0) is 13.8 Å². The zero-order valence-corrected chi connectivity index (χ0v) is 7.13. The first kappa shape index (κ1) is 10.2. The minimum absolute atomic E-state index is 0.0551. The van der Waals surface area contributed by atoms with Crippen molar-refractivity contribution in [2.45, 2.75) is 13.8 Å². The van der Waals surface area contributed by atoms with Gasteiger partial charge in [0.2, 0.25) is 0 Å². The second-order valence-electron chi connectivity index (χ2n) is 2.80. The van der Waals surface area contributed by atoms with Gasteiger partial charge in [-0.3, -0.25) is 4.79 Å². The van der Waals surface area contributed by atoms with E-state index in [2.05, 4.69) is 4.74 Å². The molecule has 0 aliphatic heterocycles. The first-order valence-electron chi connectivity index (χ1n) is 3.41. The molecule has 0 aromatic heterocycles. The van der Waals surface area contributed by atoms with Crippen molar-refractivity contribution in [3.63, 3.8) is 0 Å². The zero-order valence-electron chi connectivity index (χ0n) is 7.13. The van der Waals surface area contributed by atoms with E-state index in [4.69, 9.17) is 5.11 Å². The van der Waals surface area contributed by atoms with Gasteiger partial charge in [-0.1, -0.05) is 12.2 Å². The summed E-state index contributed by atoms with van der Waals surface area (Å²) in [5, 5.41) is 8.45. The first-order valence-corrected chi connectivity index (χ1v) is 3.41. The van der Waals surface area contributed by atoms with E-state index in [1.165, 1.54) is 13.2 Å². The second kappa shape index (κ2) is 4.13. The Hall–Kier alpha value is -0.830. The summed E-state index contributed by atoms with van der Waals surface area (Å²) in [6.45, 7) is 3.40. The fourth-order valence-corrected chi connectivity index (χ4v) is 0.678. The van der Waals surface area contributed by atoms with E-state index < -0.39 is 5.41 Å². The molecule has 0 bridgehead atoms. The van der Waals surface area contributed by atoms with Gasteiger partial charge in [-0.15, -0.1) is 0 Å². The lowest BCUT2D eigenvalue weighted by atomic mass is 9.93. The van der Waals surface area contributed by atoms with Crippen LogP contribution in [0.1, 0.15) is 13.8 Å². The Balaban J connectivity index is 4.20. The molecule has 0 amide bonds. The van der Waals surface area contributed by atoms with E-state index in [1.807, 2.05) is 0 Å². The monoisotopic (exact) mass is 158 g/mol. The molecule has 64 valence electrons. The van der Waals surface area contributed by atoms with Crippen LogP contribution in [0, 0.1) is 5.41 Å². The largest absolute Gasteiger partial charge is 0.468 e. The summed E-state index contributed by atoms with van der Waals surface area (Å²) < 4.78 is 4.54. The number of aliphatic hydroxyl groups is 1. The van der Waals surface area contributed by atoms with Gasteiger partial charge in [0.25, 0.3) is 0 Å². The molecule has 0 aliphatic carbocycles. The Kier molecular flexibility index (Phi) is 3.82. The molecule has 0 heterocycles. The molecule has 0 atom stereocenters. The third-order valence-corrected chi connectivity index (χ3v) is 1.35. The number of ether oxygens (including phenoxy) is 1. The van der Waals surface area contributed by atoms with Gasteiger partial charge in [0.05, 0.1) is 19.1 Å². The Morgan fingerprint density at radius 3 is 2.55 bits per heavy atom. The molecule has 0 rings (SSSR count). The van der Waals surface area contributed by atoms with Crippen molar-refractivity contribution in [1.82, 2.24) is 0 Å². The van der Waals surface area contributed by atoms with Crippen LogP contribution >= 0.6 is 0 Å². The van der Waals surface area contributed by atoms with Gasteiger partial charge in [0, 0.05) is 0 Å². The molecule has 0 aromatic rings. The summed E-state index contributed by atoms with van der Waals surface area (Å²) in [6, 6.07) is 0. The van der Waals surface area contributed by atoms with Crippen LogP contribution in [-0.2, 0) is 9.53 Å². The summed E-state index contributed by atoms with van der Waals surface area (Å²) in [5.41, 5.74) is -0.641. The second-order valence-corrected chi connectivity index (χ2v) is 2.80. The molecule has 0 fully saturated rings. The molecule has 0 aromatic carbocycles. The number of rotatable bonds is 3. The average Bonchev–Trinajstić information content (AvgIpc) is 1.99. The zero-order chi connectivity index (χ0) is 8.91. The fourth-order valence-electron chi connectivity index (χ4n) is 0.678. The quantitative estimate of drug-likeness (QED) is 0.486. The van der Waals surface area contributed by atoms with Crippen molar-refractivity contribution in [3.8, 4) is 0 Å². The van der Waals surface area contributed by atoms with E-state index in [0.717, 1.165) is 0 Å². The summed E-state index contributed by atoms with van der Waals surface area (Å²) in [6.07, 6.45) is 3.15. The maximum absolute atomic E-state index is 11.0. The minimum atomic E-state index is -0.641. The van der Waals surface area contributed by atoms with Crippen LogP contribution in [0.15, 0.2) is 12.2 Å². The number of hydrogen-bond donors (Lipinski definition) is 1. The molecular weight excluding hydrogens is 144 g/mol. The highest BCUT2D eigenvalue weighted by molar-refractivity contribution is 5.77. The molecule has 0 radical (unpaired) electrons. The molecule has 11 heavy (non-hydrogen) atoms. The lowest BCUT2D eigenvalue weighted by Crippen LogP contribution is -2.23. The van der Waals surface area contributed by atoms with E-state index >= 15 is 0 Å². The van der Waals surface area contributed by atoms with Crippen LogP contribution < -0.4 is 0 Å². The topological polar surface area (TPSA) is 46.5 Å². The third kappa shape index (κ3) is 3.18. The molecule has 0 saturated heterocycles. The Morgan fingerprint density at radius 2 is 2.18 bits per heavy atom. The fraction of sp³-hybridized carbons (Fsp3) is 0.625. The molecular formula is C8H14O3. The Morgan fingerprint density at radius 1 is 1.64 bits per heavy atom. The Bertz CT molecular complexity index is 159. The van der Waals surface area contributed by atoms with Gasteiger partial charge < -0.3 is 9.84 Å². The number of hydrogen-bond acceptors (Lipinski definition) is 3. The van der Waals surface area contributed by atoms with Crippen molar-refractivity contribution >= 4 is 5.97 Å². The minimum Gasteiger partial charge on any atom is -0.468 e. The number of aliphatic hydroxyl groups excluding tert-OH is 1. The van der Waals surface area contributed by atoms with Crippen molar-refractivity contribution in [2.24, 2.45) is 5.41 Å². The summed E-state index contributed by atoms with van der Waals surface area (Å²) in [7, 11) is 1.34. The average molecular weight is 158 g/mol.